The van der Waals surface area contributed by atoms with Crippen LogP contribution in [0.5, 0.6) is 0 Å². The van der Waals surface area contributed by atoms with Crippen molar-refractivity contribution in [2.75, 3.05) is 0 Å². The topological polar surface area (TPSA) is 55.1 Å². The van der Waals surface area contributed by atoms with Gasteiger partial charge in [0.1, 0.15) is 11.5 Å². The van der Waals surface area contributed by atoms with Gasteiger partial charge in [-0.3, -0.25) is 4.79 Å². The first-order valence-corrected chi connectivity index (χ1v) is 5.57. The summed E-state index contributed by atoms with van der Waals surface area (Å²) in [5.74, 6) is -0.544. The van der Waals surface area contributed by atoms with Crippen LogP contribution in [-0.2, 0) is 13.7 Å². The van der Waals surface area contributed by atoms with Crippen molar-refractivity contribution in [3.8, 4) is 0 Å². The molecule has 0 amide bonds. The highest BCUT2D eigenvalue weighted by Gasteiger charge is 2.13. The van der Waals surface area contributed by atoms with Gasteiger partial charge in [0.15, 0.2) is 0 Å². The highest BCUT2D eigenvalue weighted by molar-refractivity contribution is 14.1. The molecule has 16 heavy (non-hydrogen) atoms. The molecule has 0 saturated carbocycles. The van der Waals surface area contributed by atoms with Crippen molar-refractivity contribution in [1.29, 1.82) is 0 Å². The van der Waals surface area contributed by atoms with Crippen LogP contribution in [0, 0.1) is 9.39 Å². The molecule has 2 aromatic heterocycles. The Morgan fingerprint density at radius 2 is 2.31 bits per heavy atom. The van der Waals surface area contributed by atoms with E-state index < -0.39 is 5.82 Å². The molecule has 0 aliphatic heterocycles. The molecule has 4 nitrogen and oxygen atoms in total. The summed E-state index contributed by atoms with van der Waals surface area (Å²) in [6, 6.07) is 1.16. The third kappa shape index (κ3) is 1.61. The lowest BCUT2D eigenvalue weighted by molar-refractivity contribution is 0.271. The van der Waals surface area contributed by atoms with Crippen LogP contribution in [0.4, 0.5) is 4.39 Å². The standard InChI is InChI=1S/C10H8FIN2O2/c1-14-7(4-15)8(12)9(16)6-2-5(11)3-13-10(6)14/h2-3,15H,4H2,1H3. The van der Waals surface area contributed by atoms with Gasteiger partial charge in [-0.15, -0.1) is 0 Å². The van der Waals surface area contributed by atoms with E-state index in [0.717, 1.165) is 12.3 Å². The molecule has 0 aromatic carbocycles. The van der Waals surface area contributed by atoms with Crippen LogP contribution in [0.15, 0.2) is 17.1 Å². The van der Waals surface area contributed by atoms with Crippen molar-refractivity contribution in [2.24, 2.45) is 7.05 Å². The third-order valence-corrected chi connectivity index (χ3v) is 3.52. The molecular weight excluding hydrogens is 326 g/mol. The summed E-state index contributed by atoms with van der Waals surface area (Å²) < 4.78 is 15.0. The number of aryl methyl sites for hydroxylation is 1. The summed E-state index contributed by atoms with van der Waals surface area (Å²) >= 11 is 1.85. The average molecular weight is 334 g/mol. The van der Waals surface area contributed by atoms with E-state index >= 15 is 0 Å². The average Bonchev–Trinajstić information content (AvgIpc) is 2.27. The molecule has 0 aliphatic carbocycles. The quantitative estimate of drug-likeness (QED) is 0.797. The molecule has 6 heteroatoms. The molecule has 0 radical (unpaired) electrons. The monoisotopic (exact) mass is 334 g/mol. The zero-order valence-corrected chi connectivity index (χ0v) is 10.5. The Balaban J connectivity index is 3.02. The molecule has 2 aromatic rings. The van der Waals surface area contributed by atoms with Gasteiger partial charge in [0, 0.05) is 7.05 Å². The lowest BCUT2D eigenvalue weighted by Crippen LogP contribution is -2.18. The zero-order valence-electron chi connectivity index (χ0n) is 8.37. The van der Waals surface area contributed by atoms with Crippen molar-refractivity contribution in [3.63, 3.8) is 0 Å². The summed E-state index contributed by atoms with van der Waals surface area (Å²) in [5.41, 5.74) is 0.554. The first-order chi connectivity index (χ1) is 7.56. The second-order valence-electron chi connectivity index (χ2n) is 3.33. The van der Waals surface area contributed by atoms with Crippen molar-refractivity contribution < 1.29 is 9.50 Å². The largest absolute Gasteiger partial charge is 0.390 e. The minimum Gasteiger partial charge on any atom is -0.390 e. The van der Waals surface area contributed by atoms with Gasteiger partial charge in [-0.2, -0.15) is 0 Å². The Hall–Kier alpha value is -1.02. The van der Waals surface area contributed by atoms with Gasteiger partial charge in [0.2, 0.25) is 5.43 Å². The van der Waals surface area contributed by atoms with Crippen molar-refractivity contribution >= 4 is 33.6 Å². The molecule has 0 fully saturated rings. The van der Waals surface area contributed by atoms with Crippen LogP contribution in [0.25, 0.3) is 11.0 Å². The minimum absolute atomic E-state index is 0.226. The fraction of sp³-hybridized carbons (Fsp3) is 0.200. The van der Waals surface area contributed by atoms with Crippen LogP contribution in [0.3, 0.4) is 0 Å². The summed E-state index contributed by atoms with van der Waals surface area (Å²) in [5, 5.41) is 9.40. The number of aromatic nitrogens is 2. The van der Waals surface area contributed by atoms with Crippen molar-refractivity contribution in [3.05, 3.63) is 37.6 Å². The lowest BCUT2D eigenvalue weighted by Gasteiger charge is -2.11. The van der Waals surface area contributed by atoms with Crippen LogP contribution in [0.1, 0.15) is 5.69 Å². The van der Waals surface area contributed by atoms with Crippen LogP contribution < -0.4 is 5.43 Å². The summed E-state index contributed by atoms with van der Waals surface area (Å²) in [4.78, 5) is 15.7. The second kappa shape index (κ2) is 4.10. The molecular formula is C10H8FIN2O2. The van der Waals surface area contributed by atoms with E-state index in [4.69, 9.17) is 0 Å². The first-order valence-electron chi connectivity index (χ1n) is 4.49. The summed E-state index contributed by atoms with van der Waals surface area (Å²) in [6.45, 7) is -0.251. The van der Waals surface area contributed by atoms with Crippen molar-refractivity contribution in [2.45, 2.75) is 6.61 Å². The van der Waals surface area contributed by atoms with E-state index in [0.29, 0.717) is 14.9 Å². The van der Waals surface area contributed by atoms with Gasteiger partial charge in [0.25, 0.3) is 0 Å². The Labute approximate surface area is 104 Å². The molecule has 1 N–H and O–H groups in total. The molecule has 2 rings (SSSR count). The van der Waals surface area contributed by atoms with Gasteiger partial charge >= 0.3 is 0 Å². The third-order valence-electron chi connectivity index (χ3n) is 2.40. The number of hydrogen-bond acceptors (Lipinski definition) is 3. The Morgan fingerprint density at radius 3 is 2.94 bits per heavy atom. The number of fused-ring (bicyclic) bond motifs is 1. The fourth-order valence-electron chi connectivity index (χ4n) is 1.57. The predicted octanol–water partition coefficient (Wildman–Crippen LogP) is 1.17. The number of hydrogen-bond donors (Lipinski definition) is 1. The summed E-state index contributed by atoms with van der Waals surface area (Å²) in [7, 11) is 1.68. The van der Waals surface area contributed by atoms with E-state index in [1.165, 1.54) is 0 Å². The maximum absolute atomic E-state index is 13.0. The molecule has 0 unspecified atom stereocenters. The summed E-state index contributed by atoms with van der Waals surface area (Å²) in [6.07, 6.45) is 1.05. The van der Waals surface area contributed by atoms with E-state index in [2.05, 4.69) is 4.98 Å². The number of rotatable bonds is 1. The van der Waals surface area contributed by atoms with E-state index in [1.807, 2.05) is 22.6 Å². The second-order valence-corrected chi connectivity index (χ2v) is 4.41. The maximum atomic E-state index is 13.0. The SMILES string of the molecule is Cn1c(CO)c(I)c(=O)c2cc(F)cnc21. The first kappa shape index (κ1) is 11.5. The van der Waals surface area contributed by atoms with Gasteiger partial charge in [0.05, 0.1) is 27.5 Å². The highest BCUT2D eigenvalue weighted by atomic mass is 127. The van der Waals surface area contributed by atoms with E-state index in [9.17, 15) is 14.3 Å². The van der Waals surface area contributed by atoms with Crippen molar-refractivity contribution in [1.82, 2.24) is 9.55 Å². The van der Waals surface area contributed by atoms with Crippen LogP contribution in [-0.4, -0.2) is 14.7 Å². The molecule has 0 atom stereocenters. The van der Waals surface area contributed by atoms with E-state index in [-0.39, 0.29) is 17.4 Å². The Bertz CT molecular complexity index is 624. The van der Waals surface area contributed by atoms with Crippen LogP contribution in [0.2, 0.25) is 0 Å². The number of halogens is 2. The van der Waals surface area contributed by atoms with E-state index in [1.54, 1.807) is 11.6 Å². The van der Waals surface area contributed by atoms with Crippen LogP contribution >= 0.6 is 22.6 Å². The Morgan fingerprint density at radius 1 is 1.62 bits per heavy atom. The molecule has 2 heterocycles. The molecule has 0 bridgehead atoms. The number of nitrogens with zero attached hydrogens (tertiary/aromatic N) is 2. The highest BCUT2D eigenvalue weighted by Crippen LogP contribution is 2.15. The van der Waals surface area contributed by atoms with Gasteiger partial charge in [-0.25, -0.2) is 9.37 Å². The molecule has 0 aliphatic rings. The molecule has 84 valence electrons. The maximum Gasteiger partial charge on any atom is 0.204 e. The normalized spacial score (nSPS) is 11.0. The smallest absolute Gasteiger partial charge is 0.204 e. The zero-order chi connectivity index (χ0) is 11.9. The lowest BCUT2D eigenvalue weighted by atomic mass is 10.2. The van der Waals surface area contributed by atoms with Gasteiger partial charge in [-0.05, 0) is 28.7 Å². The van der Waals surface area contributed by atoms with Gasteiger partial charge in [-0.1, -0.05) is 0 Å². The molecule has 0 saturated heterocycles. The number of aliphatic hydroxyl groups is 1. The Kier molecular flexibility index (Phi) is 2.94. The fourth-order valence-corrected chi connectivity index (χ4v) is 2.39. The molecule has 0 spiro atoms. The predicted molar refractivity (Wildman–Crippen MR) is 65.6 cm³/mol. The number of aliphatic hydroxyl groups excluding tert-OH is 1. The van der Waals surface area contributed by atoms with Gasteiger partial charge < -0.3 is 9.67 Å². The minimum atomic E-state index is -0.544. The number of pyridine rings is 2.